The number of hydrogen-bond donors (Lipinski definition) is 1. The number of oxazole rings is 1. The van der Waals surface area contributed by atoms with E-state index in [1.807, 2.05) is 91.0 Å². The largest absolute Gasteiger partial charge is 0.421 e. The predicted molar refractivity (Wildman–Crippen MR) is 142 cm³/mol. The molecule has 0 fully saturated rings. The molecule has 0 radical (unpaired) electrons. The normalized spacial score (nSPS) is 13.1. The highest BCUT2D eigenvalue weighted by molar-refractivity contribution is 5.82. The van der Waals surface area contributed by atoms with Gasteiger partial charge in [0.05, 0.1) is 11.9 Å². The maximum Gasteiger partial charge on any atom is 0.421 e. The van der Waals surface area contributed by atoms with Crippen LogP contribution in [0.5, 0.6) is 0 Å². The quantitative estimate of drug-likeness (QED) is 0.254. The van der Waals surface area contributed by atoms with Crippen molar-refractivity contribution < 1.29 is 17.6 Å². The molecule has 0 saturated heterocycles. The van der Waals surface area contributed by atoms with Crippen molar-refractivity contribution in [3.63, 3.8) is 0 Å². The predicted octanol–water partition coefficient (Wildman–Crippen LogP) is 6.43. The van der Waals surface area contributed by atoms with Crippen LogP contribution in [0.1, 0.15) is 34.7 Å². The lowest BCUT2D eigenvalue weighted by atomic mass is 9.76. The van der Waals surface area contributed by atoms with Gasteiger partial charge in [0.25, 0.3) is 0 Å². The molecule has 4 aromatic carbocycles. The minimum Gasteiger partial charge on any atom is -0.407 e. The summed E-state index contributed by atoms with van der Waals surface area (Å²) in [5, 5.41) is 0. The van der Waals surface area contributed by atoms with Crippen LogP contribution in [-0.4, -0.2) is 16.8 Å². The summed E-state index contributed by atoms with van der Waals surface area (Å²) in [6.07, 6.45) is -5.37. The fourth-order valence-electron chi connectivity index (χ4n) is 5.33. The maximum atomic E-state index is 13.9. The van der Waals surface area contributed by atoms with E-state index in [1.165, 1.54) is 10.6 Å². The molecule has 5 rings (SSSR count). The van der Waals surface area contributed by atoms with Crippen molar-refractivity contribution in [2.24, 2.45) is 5.73 Å². The van der Waals surface area contributed by atoms with Crippen LogP contribution >= 0.6 is 0 Å². The highest BCUT2D eigenvalue weighted by atomic mass is 19.4. The molecule has 1 heterocycles. The molecular weight excluding hydrogens is 489 g/mol. The Kier molecular flexibility index (Phi) is 6.71. The van der Waals surface area contributed by atoms with E-state index in [9.17, 15) is 18.0 Å². The Balaban J connectivity index is 2.01. The lowest BCUT2D eigenvalue weighted by molar-refractivity contribution is -0.127. The van der Waals surface area contributed by atoms with Crippen molar-refractivity contribution in [3.05, 3.63) is 141 Å². The van der Waals surface area contributed by atoms with Crippen molar-refractivity contribution in [2.45, 2.75) is 37.5 Å². The van der Waals surface area contributed by atoms with Gasteiger partial charge in [0, 0.05) is 6.04 Å². The number of halogens is 3. The fourth-order valence-corrected chi connectivity index (χ4v) is 5.33. The average Bonchev–Trinajstić information content (AvgIpc) is 3.25. The third kappa shape index (κ3) is 4.54. The van der Waals surface area contributed by atoms with Gasteiger partial charge in [0.2, 0.25) is 0 Å². The Morgan fingerprint density at radius 2 is 1.21 bits per heavy atom. The van der Waals surface area contributed by atoms with Crippen molar-refractivity contribution >= 4 is 11.1 Å². The van der Waals surface area contributed by atoms with Gasteiger partial charge in [-0.1, -0.05) is 103 Å². The van der Waals surface area contributed by atoms with Crippen LogP contribution < -0.4 is 11.5 Å². The summed E-state index contributed by atoms with van der Waals surface area (Å²) in [5.41, 5.74) is 7.63. The molecule has 0 amide bonds. The average molecular weight is 517 g/mol. The topological polar surface area (TPSA) is 61.2 Å². The summed E-state index contributed by atoms with van der Waals surface area (Å²) in [6.45, 7) is 1.80. The number of nitrogens with two attached hydrogens (primary N) is 1. The molecular formula is C31H27F3N2O2. The van der Waals surface area contributed by atoms with Crippen molar-refractivity contribution in [3.8, 4) is 0 Å². The lowest BCUT2D eigenvalue weighted by Gasteiger charge is -2.37. The smallest absolute Gasteiger partial charge is 0.407 e. The molecule has 5 aromatic rings. The third-order valence-corrected chi connectivity index (χ3v) is 6.74. The maximum absolute atomic E-state index is 13.9. The van der Waals surface area contributed by atoms with Gasteiger partial charge in [-0.05, 0) is 41.2 Å². The zero-order valence-corrected chi connectivity index (χ0v) is 20.8. The number of fused-ring (bicyclic) bond motifs is 1. The number of aromatic nitrogens is 1. The summed E-state index contributed by atoms with van der Waals surface area (Å²) in [4.78, 5) is 13.9. The van der Waals surface area contributed by atoms with E-state index in [0.29, 0.717) is 28.7 Å². The van der Waals surface area contributed by atoms with Crippen molar-refractivity contribution in [1.82, 2.24) is 4.57 Å². The van der Waals surface area contributed by atoms with E-state index in [0.717, 1.165) is 0 Å². The summed E-state index contributed by atoms with van der Waals surface area (Å²) in [7, 11) is 0. The van der Waals surface area contributed by atoms with Gasteiger partial charge < -0.3 is 10.2 Å². The van der Waals surface area contributed by atoms with E-state index in [2.05, 4.69) is 0 Å². The Labute approximate surface area is 218 Å². The van der Waals surface area contributed by atoms with Crippen LogP contribution in [0.25, 0.3) is 11.1 Å². The third-order valence-electron chi connectivity index (χ3n) is 6.74. The molecule has 0 bridgehead atoms. The molecule has 1 atom stereocenters. The van der Waals surface area contributed by atoms with E-state index in [1.54, 1.807) is 13.0 Å². The molecule has 194 valence electrons. The number of hydrogen-bond acceptors (Lipinski definition) is 3. The zero-order chi connectivity index (χ0) is 26.9. The molecule has 0 aliphatic heterocycles. The second-order valence-electron chi connectivity index (χ2n) is 9.55. The van der Waals surface area contributed by atoms with Gasteiger partial charge in [0.1, 0.15) is 5.54 Å². The first-order valence-electron chi connectivity index (χ1n) is 12.4. The minimum atomic E-state index is -4.50. The molecule has 7 heteroatoms. The summed E-state index contributed by atoms with van der Waals surface area (Å²) >= 11 is 0. The monoisotopic (exact) mass is 516 g/mol. The van der Waals surface area contributed by atoms with Crippen molar-refractivity contribution in [2.75, 3.05) is 0 Å². The van der Waals surface area contributed by atoms with Crippen molar-refractivity contribution in [1.29, 1.82) is 0 Å². The first-order valence-corrected chi connectivity index (χ1v) is 12.4. The number of alkyl halides is 3. The van der Waals surface area contributed by atoms with Gasteiger partial charge in [-0.25, -0.2) is 4.79 Å². The Morgan fingerprint density at radius 1 is 0.763 bits per heavy atom. The van der Waals surface area contributed by atoms with Gasteiger partial charge in [0.15, 0.2) is 5.58 Å². The fraction of sp³-hybridized carbons (Fsp3) is 0.194. The van der Waals surface area contributed by atoms with Crippen LogP contribution in [-0.2, 0) is 18.4 Å². The standard InChI is InChI=1S/C31H27F3N2O2/c1-21(35)19-22-17-18-23(20-30(32,33)34)27-28(22)38-29(37)36(27)31(24-11-5-2-6-12-24,25-13-7-3-8-14-25)26-15-9-4-10-16-26/h2-18,21H,19-20,35H2,1H3. The van der Waals surface area contributed by atoms with E-state index >= 15 is 0 Å². The Bertz CT molecular complexity index is 1490. The second kappa shape index (κ2) is 9.99. The highest BCUT2D eigenvalue weighted by Gasteiger charge is 2.43. The molecule has 0 aliphatic rings. The van der Waals surface area contributed by atoms with Gasteiger partial charge in [-0.15, -0.1) is 0 Å². The Morgan fingerprint density at radius 3 is 1.63 bits per heavy atom. The summed E-state index contributed by atoms with van der Waals surface area (Å²) < 4.78 is 48.8. The number of rotatable bonds is 7. The van der Waals surface area contributed by atoms with E-state index < -0.39 is 23.9 Å². The molecule has 1 aromatic heterocycles. The lowest BCUT2D eigenvalue weighted by Crippen LogP contribution is -2.43. The highest BCUT2D eigenvalue weighted by Crippen LogP contribution is 2.43. The molecule has 4 nitrogen and oxygen atoms in total. The zero-order valence-electron chi connectivity index (χ0n) is 20.8. The minimum absolute atomic E-state index is 0.0426. The SMILES string of the molecule is CC(N)Cc1ccc(CC(F)(F)F)c2c1oc(=O)n2C(c1ccccc1)(c1ccccc1)c1ccccc1. The Hall–Kier alpha value is -4.10. The van der Waals surface area contributed by atoms with Gasteiger partial charge >= 0.3 is 11.9 Å². The molecule has 0 saturated carbocycles. The van der Waals surface area contributed by atoms with Gasteiger partial charge in [-0.3, -0.25) is 4.57 Å². The van der Waals surface area contributed by atoms with E-state index in [4.69, 9.17) is 10.2 Å². The molecule has 0 aliphatic carbocycles. The van der Waals surface area contributed by atoms with E-state index in [-0.39, 0.29) is 22.7 Å². The molecule has 2 N–H and O–H groups in total. The summed E-state index contributed by atoms with van der Waals surface area (Å²) in [5.74, 6) is -0.753. The first kappa shape index (κ1) is 25.5. The second-order valence-corrected chi connectivity index (χ2v) is 9.55. The molecule has 1 unspecified atom stereocenters. The van der Waals surface area contributed by atoms with Gasteiger partial charge in [-0.2, -0.15) is 13.2 Å². The molecule has 0 spiro atoms. The summed E-state index contributed by atoms with van der Waals surface area (Å²) in [6, 6.07) is 30.6. The van der Waals surface area contributed by atoms with Crippen LogP contribution in [0.15, 0.2) is 112 Å². The van der Waals surface area contributed by atoms with Crippen LogP contribution in [0.3, 0.4) is 0 Å². The first-order chi connectivity index (χ1) is 18.2. The van der Waals surface area contributed by atoms with Crippen LogP contribution in [0.2, 0.25) is 0 Å². The molecule has 38 heavy (non-hydrogen) atoms. The van der Waals surface area contributed by atoms with Crippen LogP contribution in [0.4, 0.5) is 13.2 Å². The van der Waals surface area contributed by atoms with Crippen LogP contribution in [0, 0.1) is 0 Å². The number of benzene rings is 4. The number of nitrogens with zero attached hydrogens (tertiary/aromatic N) is 1.